The summed E-state index contributed by atoms with van der Waals surface area (Å²) in [5.41, 5.74) is 1.04. The van der Waals surface area contributed by atoms with E-state index in [0.29, 0.717) is 6.54 Å². The molecule has 94 valence electrons. The molecule has 0 unspecified atom stereocenters. The Morgan fingerprint density at radius 3 is 2.44 bits per heavy atom. The van der Waals surface area contributed by atoms with Crippen LogP contribution in [0.2, 0.25) is 0 Å². The van der Waals surface area contributed by atoms with Crippen LogP contribution in [-0.2, 0) is 11.3 Å². The van der Waals surface area contributed by atoms with Crippen LogP contribution in [0.1, 0.15) is 18.4 Å². The number of nitrogens with zero attached hydrogens (tertiary/aromatic N) is 2. The van der Waals surface area contributed by atoms with Crippen LogP contribution in [0.4, 0.5) is 4.79 Å². The zero-order valence-electron chi connectivity index (χ0n) is 9.80. The highest BCUT2D eigenvalue weighted by molar-refractivity contribution is 9.10. The van der Waals surface area contributed by atoms with E-state index < -0.39 is 0 Å². The molecule has 3 rings (SSSR count). The van der Waals surface area contributed by atoms with Crippen molar-refractivity contribution in [1.29, 1.82) is 0 Å². The Hall–Kier alpha value is -1.36. The normalized spacial score (nSPS) is 19.8. The molecule has 5 heteroatoms. The first-order chi connectivity index (χ1) is 8.65. The van der Waals surface area contributed by atoms with Crippen molar-refractivity contribution in [3.8, 4) is 0 Å². The molecular formula is C13H13BrN2O2. The van der Waals surface area contributed by atoms with Gasteiger partial charge in [-0.25, -0.2) is 4.79 Å². The van der Waals surface area contributed by atoms with Crippen LogP contribution in [-0.4, -0.2) is 34.3 Å². The van der Waals surface area contributed by atoms with Gasteiger partial charge in [0, 0.05) is 17.1 Å². The molecule has 0 atom stereocenters. The van der Waals surface area contributed by atoms with E-state index in [1.807, 2.05) is 24.3 Å². The summed E-state index contributed by atoms with van der Waals surface area (Å²) >= 11 is 3.37. The van der Waals surface area contributed by atoms with E-state index in [1.165, 1.54) is 4.90 Å². The monoisotopic (exact) mass is 308 g/mol. The van der Waals surface area contributed by atoms with Crippen molar-refractivity contribution < 1.29 is 9.59 Å². The Labute approximate surface area is 114 Å². The number of urea groups is 1. The van der Waals surface area contributed by atoms with Gasteiger partial charge >= 0.3 is 6.03 Å². The Morgan fingerprint density at radius 2 is 1.83 bits per heavy atom. The maximum atomic E-state index is 12.1. The molecule has 1 saturated carbocycles. The summed E-state index contributed by atoms with van der Waals surface area (Å²) in [6, 6.07) is 7.83. The summed E-state index contributed by atoms with van der Waals surface area (Å²) in [5, 5.41) is 0. The molecule has 1 aliphatic carbocycles. The van der Waals surface area contributed by atoms with E-state index in [4.69, 9.17) is 0 Å². The molecule has 1 saturated heterocycles. The Balaban J connectivity index is 1.72. The van der Waals surface area contributed by atoms with E-state index >= 15 is 0 Å². The molecule has 1 aromatic carbocycles. The maximum absolute atomic E-state index is 12.1. The van der Waals surface area contributed by atoms with Gasteiger partial charge in [-0.1, -0.05) is 28.1 Å². The molecule has 0 aromatic heterocycles. The quantitative estimate of drug-likeness (QED) is 0.804. The number of carbonyl (C=O) groups excluding carboxylic acids is 2. The maximum Gasteiger partial charge on any atom is 0.327 e. The van der Waals surface area contributed by atoms with Gasteiger partial charge in [-0.05, 0) is 30.5 Å². The van der Waals surface area contributed by atoms with Crippen LogP contribution in [0.5, 0.6) is 0 Å². The number of imide groups is 1. The average Bonchev–Trinajstić information content (AvgIpc) is 3.12. The van der Waals surface area contributed by atoms with E-state index in [0.717, 1.165) is 22.9 Å². The number of halogens is 1. The lowest BCUT2D eigenvalue weighted by molar-refractivity contribution is -0.125. The highest BCUT2D eigenvalue weighted by atomic mass is 79.9. The fraction of sp³-hybridized carbons (Fsp3) is 0.385. The van der Waals surface area contributed by atoms with E-state index in [-0.39, 0.29) is 24.5 Å². The van der Waals surface area contributed by atoms with Gasteiger partial charge in [-0.2, -0.15) is 0 Å². The summed E-state index contributed by atoms with van der Waals surface area (Å²) in [6.45, 7) is 0.715. The topological polar surface area (TPSA) is 40.6 Å². The average molecular weight is 309 g/mol. The van der Waals surface area contributed by atoms with Crippen LogP contribution in [0, 0.1) is 0 Å². The molecule has 18 heavy (non-hydrogen) atoms. The zero-order valence-corrected chi connectivity index (χ0v) is 11.4. The summed E-state index contributed by atoms with van der Waals surface area (Å²) in [6.07, 6.45) is 1.92. The fourth-order valence-corrected chi connectivity index (χ4v) is 2.46. The number of carbonyl (C=O) groups is 2. The molecule has 0 N–H and O–H groups in total. The zero-order chi connectivity index (χ0) is 12.7. The van der Waals surface area contributed by atoms with Gasteiger partial charge in [0.15, 0.2) is 0 Å². The van der Waals surface area contributed by atoms with Crippen LogP contribution >= 0.6 is 15.9 Å². The van der Waals surface area contributed by atoms with E-state index in [1.54, 1.807) is 4.90 Å². The minimum absolute atomic E-state index is 0.0559. The van der Waals surface area contributed by atoms with Gasteiger partial charge in [0.2, 0.25) is 0 Å². The molecule has 0 bridgehead atoms. The second-order valence-corrected chi connectivity index (χ2v) is 5.68. The third-order valence-corrected chi connectivity index (χ3v) is 3.80. The summed E-state index contributed by atoms with van der Waals surface area (Å²) in [5.74, 6) is -0.0559. The first-order valence-electron chi connectivity index (χ1n) is 6.00. The van der Waals surface area contributed by atoms with Crippen LogP contribution in [0.15, 0.2) is 28.7 Å². The third kappa shape index (κ3) is 2.14. The predicted molar refractivity (Wildman–Crippen MR) is 69.8 cm³/mol. The smallest absolute Gasteiger partial charge is 0.311 e. The first-order valence-corrected chi connectivity index (χ1v) is 6.80. The Bertz CT molecular complexity index is 496. The largest absolute Gasteiger partial charge is 0.327 e. The van der Waals surface area contributed by atoms with Crippen LogP contribution in [0.3, 0.4) is 0 Å². The van der Waals surface area contributed by atoms with Crippen molar-refractivity contribution in [3.05, 3.63) is 34.3 Å². The van der Waals surface area contributed by atoms with Crippen LogP contribution in [0.25, 0.3) is 0 Å². The van der Waals surface area contributed by atoms with Crippen molar-refractivity contribution >= 4 is 27.9 Å². The first kappa shape index (κ1) is 11.7. The van der Waals surface area contributed by atoms with Crippen molar-refractivity contribution in [3.63, 3.8) is 0 Å². The highest BCUT2D eigenvalue weighted by Gasteiger charge is 2.44. The summed E-state index contributed by atoms with van der Waals surface area (Å²) in [7, 11) is 0. The van der Waals surface area contributed by atoms with Crippen molar-refractivity contribution in [2.45, 2.75) is 25.4 Å². The standard InChI is InChI=1S/C13H13BrN2O2/c14-10-3-1-9(2-4-10)7-15-8-12(17)16(13(15)18)11-5-6-11/h1-4,11H,5-8H2. The second kappa shape index (κ2) is 4.39. The second-order valence-electron chi connectivity index (χ2n) is 4.76. The molecule has 1 heterocycles. The molecule has 0 radical (unpaired) electrons. The minimum Gasteiger partial charge on any atom is -0.311 e. The summed E-state index contributed by atoms with van der Waals surface area (Å²) in [4.78, 5) is 26.9. The molecule has 1 aliphatic heterocycles. The van der Waals surface area contributed by atoms with Gasteiger partial charge in [-0.15, -0.1) is 0 Å². The van der Waals surface area contributed by atoms with Crippen LogP contribution < -0.4 is 0 Å². The van der Waals surface area contributed by atoms with E-state index in [9.17, 15) is 9.59 Å². The predicted octanol–water partition coefficient (Wildman–Crippen LogP) is 2.38. The lowest BCUT2D eigenvalue weighted by atomic mass is 10.2. The number of rotatable bonds is 3. The number of amides is 3. The Kier molecular flexibility index (Phi) is 2.86. The molecular weight excluding hydrogens is 296 g/mol. The molecule has 4 nitrogen and oxygen atoms in total. The van der Waals surface area contributed by atoms with Crippen molar-refractivity contribution in [2.75, 3.05) is 6.54 Å². The van der Waals surface area contributed by atoms with Gasteiger partial charge in [0.25, 0.3) is 5.91 Å². The molecule has 1 aromatic rings. The lowest BCUT2D eigenvalue weighted by Gasteiger charge is -2.16. The number of benzene rings is 1. The van der Waals surface area contributed by atoms with Gasteiger partial charge in [0.05, 0.1) is 0 Å². The SMILES string of the molecule is O=C1CN(Cc2ccc(Br)cc2)C(=O)N1C1CC1. The Morgan fingerprint density at radius 1 is 1.17 bits per heavy atom. The number of hydrogen-bond donors (Lipinski definition) is 0. The van der Waals surface area contributed by atoms with E-state index in [2.05, 4.69) is 15.9 Å². The molecule has 0 spiro atoms. The van der Waals surface area contributed by atoms with Gasteiger partial charge in [0.1, 0.15) is 6.54 Å². The fourth-order valence-electron chi connectivity index (χ4n) is 2.19. The molecule has 2 fully saturated rings. The summed E-state index contributed by atoms with van der Waals surface area (Å²) < 4.78 is 1.01. The van der Waals surface area contributed by atoms with Gasteiger partial charge in [-0.3, -0.25) is 9.69 Å². The van der Waals surface area contributed by atoms with Crippen molar-refractivity contribution in [1.82, 2.24) is 9.80 Å². The van der Waals surface area contributed by atoms with Crippen molar-refractivity contribution in [2.24, 2.45) is 0 Å². The lowest BCUT2D eigenvalue weighted by Crippen LogP contribution is -2.34. The molecule has 3 amide bonds. The molecule has 2 aliphatic rings. The highest BCUT2D eigenvalue weighted by Crippen LogP contribution is 2.31. The minimum atomic E-state index is -0.134. The third-order valence-electron chi connectivity index (χ3n) is 3.27. The van der Waals surface area contributed by atoms with Gasteiger partial charge < -0.3 is 4.90 Å². The number of hydrogen-bond acceptors (Lipinski definition) is 2.